The molecule has 0 saturated carbocycles. The number of nitrogens with zero attached hydrogens (tertiary/aromatic N) is 1. The van der Waals surface area contributed by atoms with Gasteiger partial charge in [-0.2, -0.15) is 18.4 Å². The smallest absolute Gasteiger partial charge is 0.380 e. The zero-order chi connectivity index (χ0) is 20.0. The van der Waals surface area contributed by atoms with Crippen LogP contribution in [0.4, 0.5) is 18.9 Å². The van der Waals surface area contributed by atoms with Gasteiger partial charge in [-0.25, -0.2) is 0 Å². The maximum Gasteiger partial charge on any atom is 0.416 e. The molecule has 0 aromatic heterocycles. The number of carbonyl (C=O) groups excluding carboxylic acids is 1. The van der Waals surface area contributed by atoms with E-state index in [2.05, 4.69) is 16.7 Å². The first-order chi connectivity index (χ1) is 12.7. The second-order valence-electron chi connectivity index (χ2n) is 5.77. The van der Waals surface area contributed by atoms with Gasteiger partial charge in [0.15, 0.2) is 0 Å². The summed E-state index contributed by atoms with van der Waals surface area (Å²) in [6.45, 7) is 2.11. The largest absolute Gasteiger partial charge is 0.416 e. The lowest BCUT2D eigenvalue weighted by Gasteiger charge is -2.25. The molecule has 1 aromatic carbocycles. The van der Waals surface area contributed by atoms with Crippen molar-refractivity contribution in [2.45, 2.75) is 18.5 Å². The SMILES string of the molecule is COCC1=C(C#N)C(SCC(=O)Nc2cccc(C(F)(F)F)c2)NC(C)=C1. The summed E-state index contributed by atoms with van der Waals surface area (Å²) in [5, 5.41) is 14.5. The fraction of sp³-hybridized carbons (Fsp3) is 0.333. The van der Waals surface area contributed by atoms with Gasteiger partial charge in [0.2, 0.25) is 5.91 Å². The fourth-order valence-electron chi connectivity index (χ4n) is 2.49. The Balaban J connectivity index is 2.01. The molecule has 144 valence electrons. The van der Waals surface area contributed by atoms with E-state index in [1.54, 1.807) is 0 Å². The van der Waals surface area contributed by atoms with E-state index in [1.807, 2.05) is 13.0 Å². The van der Waals surface area contributed by atoms with Crippen molar-refractivity contribution in [3.05, 3.63) is 52.7 Å². The molecule has 1 amide bonds. The van der Waals surface area contributed by atoms with E-state index in [9.17, 15) is 23.2 Å². The van der Waals surface area contributed by atoms with Gasteiger partial charge >= 0.3 is 6.18 Å². The molecule has 9 heteroatoms. The summed E-state index contributed by atoms with van der Waals surface area (Å²) in [6.07, 6.45) is -2.67. The Labute approximate surface area is 159 Å². The van der Waals surface area contributed by atoms with Gasteiger partial charge in [0.1, 0.15) is 5.37 Å². The second-order valence-corrected chi connectivity index (χ2v) is 6.87. The maximum atomic E-state index is 12.7. The quantitative estimate of drug-likeness (QED) is 0.766. The Hall–Kier alpha value is -2.44. The second kappa shape index (κ2) is 8.97. The highest BCUT2D eigenvalue weighted by molar-refractivity contribution is 8.00. The third kappa shape index (κ3) is 5.77. The average molecular weight is 397 g/mol. The lowest BCUT2D eigenvalue weighted by atomic mass is 10.1. The van der Waals surface area contributed by atoms with Crippen LogP contribution in [0.5, 0.6) is 0 Å². The number of hydrogen-bond acceptors (Lipinski definition) is 5. The van der Waals surface area contributed by atoms with Gasteiger partial charge in [0, 0.05) is 18.5 Å². The highest BCUT2D eigenvalue weighted by Gasteiger charge is 2.30. The van der Waals surface area contributed by atoms with Crippen molar-refractivity contribution in [2.24, 2.45) is 0 Å². The third-order valence-electron chi connectivity index (χ3n) is 3.63. The molecule has 5 nitrogen and oxygen atoms in total. The van der Waals surface area contributed by atoms with E-state index >= 15 is 0 Å². The van der Waals surface area contributed by atoms with Crippen LogP contribution in [0.3, 0.4) is 0 Å². The van der Waals surface area contributed by atoms with E-state index in [0.29, 0.717) is 5.57 Å². The molecule has 2 rings (SSSR count). The molecule has 27 heavy (non-hydrogen) atoms. The van der Waals surface area contributed by atoms with Crippen molar-refractivity contribution in [1.82, 2.24) is 5.32 Å². The number of hydrogen-bond donors (Lipinski definition) is 2. The minimum Gasteiger partial charge on any atom is -0.380 e. The van der Waals surface area contributed by atoms with E-state index in [-0.39, 0.29) is 18.0 Å². The first kappa shape index (κ1) is 20.9. The minimum absolute atomic E-state index is 0.0351. The summed E-state index contributed by atoms with van der Waals surface area (Å²) in [6, 6.07) is 6.56. The molecule has 1 aliphatic rings. The number of alkyl halides is 3. The molecule has 2 N–H and O–H groups in total. The van der Waals surface area contributed by atoms with Gasteiger partial charge in [0.25, 0.3) is 0 Å². The Morgan fingerprint density at radius 1 is 1.44 bits per heavy atom. The van der Waals surface area contributed by atoms with Gasteiger partial charge < -0.3 is 15.4 Å². The molecule has 0 saturated heterocycles. The van der Waals surface area contributed by atoms with Crippen LogP contribution in [0.15, 0.2) is 47.2 Å². The highest BCUT2D eigenvalue weighted by atomic mass is 32.2. The van der Waals surface area contributed by atoms with Gasteiger partial charge in [-0.05, 0) is 36.8 Å². The van der Waals surface area contributed by atoms with E-state index in [4.69, 9.17) is 4.74 Å². The summed E-state index contributed by atoms with van der Waals surface area (Å²) in [7, 11) is 1.53. The van der Waals surface area contributed by atoms with Gasteiger partial charge in [-0.1, -0.05) is 6.07 Å². The number of rotatable bonds is 6. The van der Waals surface area contributed by atoms with E-state index in [0.717, 1.165) is 23.4 Å². The van der Waals surface area contributed by atoms with Crippen molar-refractivity contribution >= 4 is 23.4 Å². The number of anilines is 1. The number of amides is 1. The van der Waals surface area contributed by atoms with Crippen LogP contribution in [0.1, 0.15) is 12.5 Å². The Morgan fingerprint density at radius 3 is 2.81 bits per heavy atom. The Morgan fingerprint density at radius 2 is 2.19 bits per heavy atom. The molecule has 1 unspecified atom stereocenters. The van der Waals surface area contributed by atoms with Gasteiger partial charge in [0.05, 0.1) is 29.6 Å². The highest BCUT2D eigenvalue weighted by Crippen LogP contribution is 2.31. The summed E-state index contributed by atoms with van der Waals surface area (Å²) in [5.74, 6) is -0.494. The Bertz CT molecular complexity index is 813. The maximum absolute atomic E-state index is 12.7. The molecule has 0 bridgehead atoms. The number of nitrogens with one attached hydrogen (secondary N) is 2. The lowest BCUT2D eigenvalue weighted by molar-refractivity contribution is -0.137. The zero-order valence-electron chi connectivity index (χ0n) is 14.7. The number of benzene rings is 1. The van der Waals surface area contributed by atoms with Crippen LogP contribution in [-0.4, -0.2) is 30.8 Å². The minimum atomic E-state index is -4.48. The van der Waals surface area contributed by atoms with Crippen LogP contribution in [0.2, 0.25) is 0 Å². The number of methoxy groups -OCH3 is 1. The number of halogens is 3. The summed E-state index contributed by atoms with van der Waals surface area (Å²) < 4.78 is 43.3. The predicted octanol–water partition coefficient (Wildman–Crippen LogP) is 3.68. The molecule has 1 aliphatic heterocycles. The predicted molar refractivity (Wildman–Crippen MR) is 97.7 cm³/mol. The normalized spacial score (nSPS) is 17.0. The molecular formula is C18H18F3N3O2S. The molecule has 0 fully saturated rings. The number of allylic oxidation sites excluding steroid dienone is 1. The van der Waals surface area contributed by atoms with E-state index in [1.165, 1.54) is 31.0 Å². The molecular weight excluding hydrogens is 379 g/mol. The van der Waals surface area contributed by atoms with Crippen molar-refractivity contribution in [3.8, 4) is 6.07 Å². The van der Waals surface area contributed by atoms with Crippen LogP contribution in [0.25, 0.3) is 0 Å². The molecule has 1 atom stereocenters. The standard InChI is InChI=1S/C18H18F3N3O2S/c1-11-6-12(9-26-2)15(8-22)17(23-11)27-10-16(25)24-14-5-3-4-13(7-14)18(19,20)21/h3-7,17,23H,9-10H2,1-2H3,(H,24,25). The first-order valence-electron chi connectivity index (χ1n) is 7.90. The molecule has 0 aliphatic carbocycles. The number of dihydropyridines is 1. The molecule has 1 heterocycles. The summed E-state index contributed by atoms with van der Waals surface area (Å²) in [5.41, 5.74) is 1.25. The summed E-state index contributed by atoms with van der Waals surface area (Å²) >= 11 is 1.18. The monoisotopic (exact) mass is 397 g/mol. The fourth-order valence-corrected chi connectivity index (χ4v) is 3.52. The number of carbonyl (C=O) groups is 1. The Kier molecular flexibility index (Phi) is 6.93. The average Bonchev–Trinajstić information content (AvgIpc) is 2.59. The number of ether oxygens (including phenoxy) is 1. The molecule has 1 aromatic rings. The van der Waals surface area contributed by atoms with Crippen LogP contribution in [0, 0.1) is 11.3 Å². The topological polar surface area (TPSA) is 74.1 Å². The van der Waals surface area contributed by atoms with Gasteiger partial charge in [-0.15, -0.1) is 11.8 Å². The van der Waals surface area contributed by atoms with Crippen molar-refractivity contribution in [2.75, 3.05) is 24.8 Å². The number of nitriles is 1. The van der Waals surface area contributed by atoms with Crippen molar-refractivity contribution in [1.29, 1.82) is 5.26 Å². The first-order valence-corrected chi connectivity index (χ1v) is 8.95. The molecule has 0 spiro atoms. The molecule has 0 radical (unpaired) electrons. The van der Waals surface area contributed by atoms with Crippen LogP contribution >= 0.6 is 11.8 Å². The number of thioether (sulfide) groups is 1. The van der Waals surface area contributed by atoms with Crippen LogP contribution < -0.4 is 10.6 Å². The lowest BCUT2D eigenvalue weighted by Crippen LogP contribution is -2.32. The van der Waals surface area contributed by atoms with E-state index < -0.39 is 23.0 Å². The van der Waals surface area contributed by atoms with Gasteiger partial charge in [-0.3, -0.25) is 4.79 Å². The van der Waals surface area contributed by atoms with Crippen LogP contribution in [-0.2, 0) is 15.7 Å². The zero-order valence-corrected chi connectivity index (χ0v) is 15.5. The van der Waals surface area contributed by atoms with Crippen molar-refractivity contribution in [3.63, 3.8) is 0 Å². The third-order valence-corrected chi connectivity index (χ3v) is 4.75. The summed E-state index contributed by atoms with van der Waals surface area (Å²) in [4.78, 5) is 12.1. The van der Waals surface area contributed by atoms with Crippen molar-refractivity contribution < 1.29 is 22.7 Å².